The third kappa shape index (κ3) is 2.60. The Bertz CT molecular complexity index is 521. The average molecular weight is 237 g/mol. The van der Waals surface area contributed by atoms with Gasteiger partial charge >= 0.3 is 4.87 Å². The molecule has 0 saturated heterocycles. The lowest BCUT2D eigenvalue weighted by atomic mass is 10.4. The molecule has 0 aromatic carbocycles. The highest BCUT2D eigenvalue weighted by Gasteiger charge is 1.98. The molecule has 16 heavy (non-hydrogen) atoms. The van der Waals surface area contributed by atoms with Crippen molar-refractivity contribution in [2.75, 3.05) is 12.4 Å². The monoisotopic (exact) mass is 237 g/mol. The van der Waals surface area contributed by atoms with E-state index in [0.717, 1.165) is 22.7 Å². The van der Waals surface area contributed by atoms with E-state index in [2.05, 4.69) is 15.3 Å². The van der Waals surface area contributed by atoms with E-state index in [1.807, 2.05) is 6.07 Å². The highest BCUT2D eigenvalue weighted by molar-refractivity contribution is 7.07. The van der Waals surface area contributed by atoms with Crippen molar-refractivity contribution >= 4 is 17.0 Å². The second-order valence-corrected chi connectivity index (χ2v) is 3.96. The van der Waals surface area contributed by atoms with Crippen LogP contribution in [0.2, 0.25) is 0 Å². The number of aromatic amines is 1. The van der Waals surface area contributed by atoms with Gasteiger partial charge in [-0.25, -0.2) is 4.98 Å². The van der Waals surface area contributed by atoms with E-state index in [-0.39, 0.29) is 4.87 Å². The van der Waals surface area contributed by atoms with E-state index in [1.54, 1.807) is 24.8 Å². The Balaban J connectivity index is 2.01. The third-order valence-corrected chi connectivity index (χ3v) is 2.72. The van der Waals surface area contributed by atoms with Crippen LogP contribution in [0.3, 0.4) is 0 Å². The molecule has 2 aromatic rings. The van der Waals surface area contributed by atoms with Crippen LogP contribution in [0.5, 0.6) is 5.88 Å². The number of hydrogen-bond acceptors (Lipinski definition) is 5. The van der Waals surface area contributed by atoms with Crippen molar-refractivity contribution in [2.45, 2.75) is 6.54 Å². The van der Waals surface area contributed by atoms with Gasteiger partial charge in [-0.2, -0.15) is 0 Å². The standard InChI is InChI=1S/C10H11N3O2S/c1-15-9-4-7(2-3-11-9)12-5-8-6-16-10(14)13-8/h2-4,6H,5H2,1H3,(H,11,12)(H,13,14). The summed E-state index contributed by atoms with van der Waals surface area (Å²) in [5.74, 6) is 0.559. The van der Waals surface area contributed by atoms with E-state index in [9.17, 15) is 4.79 Å². The number of anilines is 1. The average Bonchev–Trinajstić information content (AvgIpc) is 2.73. The van der Waals surface area contributed by atoms with Crippen molar-refractivity contribution in [3.63, 3.8) is 0 Å². The number of aromatic nitrogens is 2. The Morgan fingerprint density at radius 1 is 1.62 bits per heavy atom. The van der Waals surface area contributed by atoms with Crippen LogP contribution in [-0.2, 0) is 6.54 Å². The van der Waals surface area contributed by atoms with Crippen LogP contribution in [0.25, 0.3) is 0 Å². The molecule has 2 heterocycles. The maximum Gasteiger partial charge on any atom is 0.304 e. The Morgan fingerprint density at radius 2 is 2.50 bits per heavy atom. The van der Waals surface area contributed by atoms with Gasteiger partial charge in [-0.1, -0.05) is 11.3 Å². The van der Waals surface area contributed by atoms with Gasteiger partial charge in [0.2, 0.25) is 5.88 Å². The largest absolute Gasteiger partial charge is 0.481 e. The van der Waals surface area contributed by atoms with Crippen LogP contribution in [0, 0.1) is 0 Å². The molecule has 0 aliphatic carbocycles. The third-order valence-electron chi connectivity index (χ3n) is 2.00. The summed E-state index contributed by atoms with van der Waals surface area (Å²) in [5, 5.41) is 4.96. The van der Waals surface area contributed by atoms with Crippen molar-refractivity contribution < 1.29 is 4.74 Å². The molecule has 0 aliphatic rings. The Hall–Kier alpha value is -1.82. The summed E-state index contributed by atoms with van der Waals surface area (Å²) in [6.07, 6.45) is 1.66. The molecule has 6 heteroatoms. The van der Waals surface area contributed by atoms with Crippen molar-refractivity contribution in [3.8, 4) is 5.88 Å². The lowest BCUT2D eigenvalue weighted by Gasteiger charge is -2.05. The summed E-state index contributed by atoms with van der Waals surface area (Å²) in [5.41, 5.74) is 1.77. The Morgan fingerprint density at radius 3 is 3.19 bits per heavy atom. The lowest BCUT2D eigenvalue weighted by molar-refractivity contribution is 0.398. The van der Waals surface area contributed by atoms with E-state index in [4.69, 9.17) is 4.74 Å². The molecule has 0 bridgehead atoms. The molecule has 0 radical (unpaired) electrons. The highest BCUT2D eigenvalue weighted by Crippen LogP contribution is 2.13. The van der Waals surface area contributed by atoms with Crippen LogP contribution in [0.1, 0.15) is 5.69 Å². The van der Waals surface area contributed by atoms with Crippen molar-refractivity contribution in [1.82, 2.24) is 9.97 Å². The first-order valence-electron chi connectivity index (χ1n) is 4.68. The fourth-order valence-corrected chi connectivity index (χ4v) is 1.81. The zero-order chi connectivity index (χ0) is 11.4. The maximum absolute atomic E-state index is 10.9. The number of nitrogens with one attached hydrogen (secondary N) is 2. The SMILES string of the molecule is COc1cc(NCc2csc(=O)[nH]2)ccn1. The predicted octanol–water partition coefficient (Wildman–Crippen LogP) is 1.45. The lowest BCUT2D eigenvalue weighted by Crippen LogP contribution is -2.03. The molecule has 2 rings (SSSR count). The number of H-pyrrole nitrogens is 1. The zero-order valence-electron chi connectivity index (χ0n) is 8.69. The van der Waals surface area contributed by atoms with Crippen molar-refractivity contribution in [1.29, 1.82) is 0 Å². The van der Waals surface area contributed by atoms with Crippen LogP contribution < -0.4 is 14.9 Å². The smallest absolute Gasteiger partial charge is 0.304 e. The van der Waals surface area contributed by atoms with Gasteiger partial charge in [0.1, 0.15) is 0 Å². The molecule has 0 atom stereocenters. The van der Waals surface area contributed by atoms with Gasteiger partial charge < -0.3 is 15.0 Å². The summed E-state index contributed by atoms with van der Waals surface area (Å²) >= 11 is 1.16. The van der Waals surface area contributed by atoms with E-state index in [1.165, 1.54) is 0 Å². The second kappa shape index (κ2) is 4.80. The molecular formula is C10H11N3O2S. The van der Waals surface area contributed by atoms with Crippen molar-refractivity contribution in [3.05, 3.63) is 39.1 Å². The summed E-state index contributed by atoms with van der Waals surface area (Å²) in [7, 11) is 1.57. The molecule has 0 spiro atoms. The minimum Gasteiger partial charge on any atom is -0.481 e. The molecule has 84 valence electrons. The van der Waals surface area contributed by atoms with Gasteiger partial charge in [0, 0.05) is 29.0 Å². The van der Waals surface area contributed by atoms with E-state index >= 15 is 0 Å². The fourth-order valence-electron chi connectivity index (χ4n) is 1.23. The summed E-state index contributed by atoms with van der Waals surface area (Å²) in [4.78, 5) is 17.6. The molecule has 0 unspecified atom stereocenters. The Kier molecular flexibility index (Phi) is 3.21. The van der Waals surface area contributed by atoms with Crippen molar-refractivity contribution in [2.24, 2.45) is 0 Å². The van der Waals surface area contributed by atoms with Gasteiger partial charge in [0.25, 0.3) is 0 Å². The second-order valence-electron chi connectivity index (χ2n) is 3.11. The van der Waals surface area contributed by atoms with Crippen LogP contribution in [0.4, 0.5) is 5.69 Å². The van der Waals surface area contributed by atoms with Gasteiger partial charge in [-0.15, -0.1) is 0 Å². The number of rotatable bonds is 4. The van der Waals surface area contributed by atoms with Gasteiger partial charge in [0.05, 0.1) is 13.7 Å². The number of hydrogen-bond donors (Lipinski definition) is 2. The predicted molar refractivity (Wildman–Crippen MR) is 63.1 cm³/mol. The molecule has 0 fully saturated rings. The van der Waals surface area contributed by atoms with E-state index < -0.39 is 0 Å². The molecule has 5 nitrogen and oxygen atoms in total. The molecule has 2 N–H and O–H groups in total. The number of nitrogens with zero attached hydrogens (tertiary/aromatic N) is 1. The number of methoxy groups -OCH3 is 1. The Labute approximate surface area is 96.1 Å². The molecule has 2 aromatic heterocycles. The topological polar surface area (TPSA) is 67.0 Å². The summed E-state index contributed by atoms with van der Waals surface area (Å²) in [6, 6.07) is 3.64. The summed E-state index contributed by atoms with van der Waals surface area (Å²) in [6.45, 7) is 0.575. The number of ether oxygens (including phenoxy) is 1. The van der Waals surface area contributed by atoms with E-state index in [0.29, 0.717) is 12.4 Å². The van der Waals surface area contributed by atoms with Crippen LogP contribution in [-0.4, -0.2) is 17.1 Å². The highest BCUT2D eigenvalue weighted by atomic mass is 32.1. The molecular weight excluding hydrogens is 226 g/mol. The minimum absolute atomic E-state index is 0.0379. The molecule has 0 saturated carbocycles. The van der Waals surface area contributed by atoms with Crippen LogP contribution in [0.15, 0.2) is 28.5 Å². The number of thiazole rings is 1. The zero-order valence-corrected chi connectivity index (χ0v) is 9.50. The normalized spacial score (nSPS) is 10.1. The minimum atomic E-state index is -0.0379. The molecule has 0 aliphatic heterocycles. The number of pyridine rings is 1. The van der Waals surface area contributed by atoms with Gasteiger partial charge in [-0.3, -0.25) is 4.79 Å². The summed E-state index contributed by atoms with van der Waals surface area (Å²) < 4.78 is 5.00. The van der Waals surface area contributed by atoms with Crippen LogP contribution >= 0.6 is 11.3 Å². The first-order chi connectivity index (χ1) is 7.78. The molecule has 0 amide bonds. The van der Waals surface area contributed by atoms with Gasteiger partial charge in [0.15, 0.2) is 0 Å². The fraction of sp³-hybridized carbons (Fsp3) is 0.200. The first-order valence-corrected chi connectivity index (χ1v) is 5.56. The first kappa shape index (κ1) is 10.7. The van der Waals surface area contributed by atoms with Gasteiger partial charge in [-0.05, 0) is 6.07 Å². The maximum atomic E-state index is 10.9. The quantitative estimate of drug-likeness (QED) is 0.844.